The molecule has 31 heavy (non-hydrogen) atoms. The molecule has 1 aliphatic heterocycles. The summed E-state index contributed by atoms with van der Waals surface area (Å²) in [5, 5.41) is 16.6. The number of aliphatic hydroxyl groups is 1. The number of carbonyl (C=O) groups excluding carboxylic acids is 1. The number of amides is 2. The van der Waals surface area contributed by atoms with Crippen LogP contribution in [0.25, 0.3) is 0 Å². The van der Waals surface area contributed by atoms with Crippen molar-refractivity contribution in [2.75, 3.05) is 19.7 Å². The molecule has 168 valence electrons. The Morgan fingerprint density at radius 1 is 1.16 bits per heavy atom. The minimum Gasteiger partial charge on any atom is -0.494 e. The second-order valence-electron chi connectivity index (χ2n) is 7.72. The number of rotatable bonds is 8. The van der Waals surface area contributed by atoms with Gasteiger partial charge in [0.05, 0.1) is 24.9 Å². The summed E-state index contributed by atoms with van der Waals surface area (Å²) in [4.78, 5) is 11.7. The van der Waals surface area contributed by atoms with Gasteiger partial charge in [0.15, 0.2) is 0 Å². The van der Waals surface area contributed by atoms with Crippen LogP contribution in [0.15, 0.2) is 42.5 Å². The first-order chi connectivity index (χ1) is 15.0. The quantitative estimate of drug-likeness (QED) is 0.567. The third-order valence-electron chi connectivity index (χ3n) is 5.28. The molecule has 2 amide bonds. The average Bonchev–Trinajstić information content (AvgIpc) is 2.75. The lowest BCUT2D eigenvalue weighted by Crippen LogP contribution is -2.43. The molecule has 1 fully saturated rings. The second-order valence-corrected chi connectivity index (χ2v) is 8.12. The van der Waals surface area contributed by atoms with Gasteiger partial charge in [-0.1, -0.05) is 35.9 Å². The van der Waals surface area contributed by atoms with Gasteiger partial charge in [-0.2, -0.15) is 0 Å². The second kappa shape index (κ2) is 11.4. The highest BCUT2D eigenvalue weighted by atomic mass is 35.5. The van der Waals surface area contributed by atoms with Crippen LogP contribution < -0.4 is 15.4 Å². The lowest BCUT2D eigenvalue weighted by molar-refractivity contribution is -0.0950. The number of hydrogen-bond acceptors (Lipinski definition) is 4. The first kappa shape index (κ1) is 23.4. The van der Waals surface area contributed by atoms with Crippen molar-refractivity contribution in [2.45, 2.75) is 51.4 Å². The van der Waals surface area contributed by atoms with Gasteiger partial charge < -0.3 is 25.2 Å². The third-order valence-corrected chi connectivity index (χ3v) is 5.64. The van der Waals surface area contributed by atoms with E-state index >= 15 is 0 Å². The van der Waals surface area contributed by atoms with Crippen LogP contribution in [0.3, 0.4) is 0 Å². The Balaban J connectivity index is 1.68. The lowest BCUT2D eigenvalue weighted by atomic mass is 9.94. The number of aliphatic hydroxyl groups excluding tert-OH is 1. The van der Waals surface area contributed by atoms with Gasteiger partial charge in [-0.05, 0) is 55.2 Å². The number of urea groups is 1. The van der Waals surface area contributed by atoms with Crippen LogP contribution in [0.5, 0.6) is 5.75 Å². The monoisotopic (exact) mass is 446 g/mol. The first-order valence-corrected chi connectivity index (χ1v) is 11.2. The van der Waals surface area contributed by atoms with Crippen LogP contribution in [0.1, 0.15) is 49.5 Å². The normalized spacial score (nSPS) is 20.8. The van der Waals surface area contributed by atoms with Crippen molar-refractivity contribution < 1.29 is 19.4 Å². The molecule has 2 aromatic rings. The van der Waals surface area contributed by atoms with Crippen LogP contribution >= 0.6 is 11.6 Å². The van der Waals surface area contributed by atoms with Crippen molar-refractivity contribution in [1.82, 2.24) is 10.6 Å². The summed E-state index contributed by atoms with van der Waals surface area (Å²) in [6.07, 6.45) is 0.723. The van der Waals surface area contributed by atoms with Gasteiger partial charge in [0.25, 0.3) is 0 Å². The van der Waals surface area contributed by atoms with Gasteiger partial charge in [-0.25, -0.2) is 4.79 Å². The summed E-state index contributed by atoms with van der Waals surface area (Å²) in [7, 11) is 0. The molecule has 0 aliphatic carbocycles. The van der Waals surface area contributed by atoms with Crippen molar-refractivity contribution in [3.05, 3.63) is 64.2 Å². The average molecular weight is 447 g/mol. The number of nitrogens with one attached hydrogen (secondary N) is 2. The molecule has 3 rings (SSSR count). The van der Waals surface area contributed by atoms with Gasteiger partial charge in [-0.15, -0.1) is 0 Å². The van der Waals surface area contributed by atoms with E-state index in [1.165, 1.54) is 0 Å². The molecule has 0 radical (unpaired) electrons. The van der Waals surface area contributed by atoms with E-state index in [-0.39, 0.29) is 18.2 Å². The predicted octanol–water partition coefficient (Wildman–Crippen LogP) is 4.23. The van der Waals surface area contributed by atoms with E-state index in [4.69, 9.17) is 21.1 Å². The van der Waals surface area contributed by atoms with Crippen molar-refractivity contribution in [1.29, 1.82) is 0 Å². The summed E-state index contributed by atoms with van der Waals surface area (Å²) in [6.45, 7) is 5.38. The summed E-state index contributed by atoms with van der Waals surface area (Å²) < 4.78 is 11.7. The number of benzene rings is 2. The lowest BCUT2D eigenvalue weighted by Gasteiger charge is -2.34. The highest BCUT2D eigenvalue weighted by molar-refractivity contribution is 6.31. The van der Waals surface area contributed by atoms with Crippen molar-refractivity contribution in [2.24, 2.45) is 0 Å². The Kier molecular flexibility index (Phi) is 8.58. The molecule has 2 aromatic carbocycles. The van der Waals surface area contributed by atoms with Crippen molar-refractivity contribution >= 4 is 17.6 Å². The SMILES string of the molecule is CCNC(=O)NCC1CC(O)CC(c2ccc(Cl)c(Cc3ccc(OCC)cc3)c2)O1. The van der Waals surface area contributed by atoms with Crippen LogP contribution in [0.2, 0.25) is 5.02 Å². The zero-order valence-electron chi connectivity index (χ0n) is 18.1. The molecule has 0 saturated carbocycles. The van der Waals surface area contributed by atoms with E-state index < -0.39 is 6.10 Å². The number of hydrogen-bond donors (Lipinski definition) is 3. The molecule has 6 nitrogen and oxygen atoms in total. The Labute approximate surface area is 188 Å². The Hall–Kier alpha value is -2.28. The van der Waals surface area contributed by atoms with E-state index in [9.17, 15) is 9.90 Å². The van der Waals surface area contributed by atoms with E-state index in [1.807, 2.05) is 50.2 Å². The van der Waals surface area contributed by atoms with Crippen LogP contribution in [0, 0.1) is 0 Å². The van der Waals surface area contributed by atoms with Gasteiger partial charge in [-0.3, -0.25) is 0 Å². The van der Waals surface area contributed by atoms with E-state index in [1.54, 1.807) is 0 Å². The molecule has 3 unspecified atom stereocenters. The maximum Gasteiger partial charge on any atom is 0.314 e. The number of carbonyl (C=O) groups is 1. The smallest absolute Gasteiger partial charge is 0.314 e. The molecule has 1 aliphatic rings. The zero-order valence-corrected chi connectivity index (χ0v) is 18.8. The fourth-order valence-corrected chi connectivity index (χ4v) is 3.97. The maximum absolute atomic E-state index is 11.7. The van der Waals surface area contributed by atoms with E-state index in [2.05, 4.69) is 16.7 Å². The molecule has 1 saturated heterocycles. The van der Waals surface area contributed by atoms with Crippen LogP contribution in [-0.2, 0) is 11.2 Å². The van der Waals surface area contributed by atoms with Gasteiger partial charge in [0.1, 0.15) is 5.75 Å². The van der Waals surface area contributed by atoms with Crippen LogP contribution in [0.4, 0.5) is 4.79 Å². The molecule has 0 aromatic heterocycles. The number of halogens is 1. The van der Waals surface area contributed by atoms with Gasteiger partial charge in [0, 0.05) is 31.0 Å². The Morgan fingerprint density at radius 3 is 2.65 bits per heavy atom. The molecular weight excluding hydrogens is 416 g/mol. The fourth-order valence-electron chi connectivity index (χ4n) is 3.79. The molecule has 3 atom stereocenters. The zero-order chi connectivity index (χ0) is 22.2. The topological polar surface area (TPSA) is 79.8 Å². The summed E-state index contributed by atoms with van der Waals surface area (Å²) in [5.41, 5.74) is 3.12. The minimum atomic E-state index is -0.481. The first-order valence-electron chi connectivity index (χ1n) is 10.8. The standard InChI is InChI=1S/C24H31ClN2O4/c1-3-26-24(29)27-15-21-13-19(28)14-23(31-21)17-7-10-22(25)18(12-17)11-16-5-8-20(9-6-16)30-4-2/h5-10,12,19,21,23,28H,3-4,11,13-15H2,1-2H3,(H2,26,27,29). The minimum absolute atomic E-state index is 0.230. The van der Waals surface area contributed by atoms with Gasteiger partial charge >= 0.3 is 6.03 Å². The summed E-state index contributed by atoms with van der Waals surface area (Å²) in [6, 6.07) is 13.7. The van der Waals surface area contributed by atoms with Crippen molar-refractivity contribution in [3.63, 3.8) is 0 Å². The Bertz CT molecular complexity index is 859. The third kappa shape index (κ3) is 6.86. The highest BCUT2D eigenvalue weighted by Gasteiger charge is 2.30. The largest absolute Gasteiger partial charge is 0.494 e. The van der Waals surface area contributed by atoms with Gasteiger partial charge in [0.2, 0.25) is 0 Å². The van der Waals surface area contributed by atoms with E-state index in [0.717, 1.165) is 22.4 Å². The molecule has 0 spiro atoms. The molecule has 3 N–H and O–H groups in total. The summed E-state index contributed by atoms with van der Waals surface area (Å²) in [5.74, 6) is 0.850. The Morgan fingerprint density at radius 2 is 1.94 bits per heavy atom. The van der Waals surface area contributed by atoms with Crippen LogP contribution in [-0.4, -0.2) is 43.0 Å². The molecule has 1 heterocycles. The maximum atomic E-state index is 11.7. The number of ether oxygens (including phenoxy) is 2. The molecule has 7 heteroatoms. The van der Waals surface area contributed by atoms with Crippen molar-refractivity contribution in [3.8, 4) is 5.75 Å². The highest BCUT2D eigenvalue weighted by Crippen LogP contribution is 2.33. The summed E-state index contributed by atoms with van der Waals surface area (Å²) >= 11 is 6.47. The molecular formula is C24H31ClN2O4. The van der Waals surface area contributed by atoms with E-state index in [0.29, 0.717) is 44.0 Å². The fraction of sp³-hybridized carbons (Fsp3) is 0.458. The molecule has 0 bridgehead atoms. The predicted molar refractivity (Wildman–Crippen MR) is 122 cm³/mol.